The topological polar surface area (TPSA) is 118 Å². The van der Waals surface area contributed by atoms with Crippen molar-refractivity contribution in [3.05, 3.63) is 108 Å². The summed E-state index contributed by atoms with van der Waals surface area (Å²) in [5.41, 5.74) is -2.25. The van der Waals surface area contributed by atoms with Gasteiger partial charge in [0.2, 0.25) is 12.4 Å². The number of hydrogen-bond acceptors (Lipinski definition) is 7. The predicted molar refractivity (Wildman–Crippen MR) is 136 cm³/mol. The van der Waals surface area contributed by atoms with E-state index in [1.807, 2.05) is 0 Å². The standard InChI is InChI=1S/C27H18F5N7O2/c1-13-2-18(11-34-10-13)39-26(40)37-25(38(27(39)41)12-14-3-16(9-33)24(32)20(29)4-14)36-22-6-15-5-17(7-23(30)31)35-21(15)8-19(22)28/h2-6,8,10-11,17,23H,7,12H2,1H3,(H,36,37,40). The Balaban J connectivity index is 1.66. The Kier molecular flexibility index (Phi) is 7.19. The highest BCUT2D eigenvalue weighted by molar-refractivity contribution is 5.56. The first kappa shape index (κ1) is 27.4. The SMILES string of the molecule is Cc1cncc(-n2c(=O)nc(Nc3cc4c(cc3F)=NC(CC(F)F)C=4)n(Cc3cc(F)c(F)c(C#N)c3)c2=O)c1. The zero-order chi connectivity index (χ0) is 29.4. The van der Waals surface area contributed by atoms with Crippen LogP contribution >= 0.6 is 0 Å². The molecule has 208 valence electrons. The number of anilines is 2. The number of aromatic nitrogens is 4. The van der Waals surface area contributed by atoms with Crippen molar-refractivity contribution in [2.24, 2.45) is 4.99 Å². The molecule has 9 nitrogen and oxygen atoms in total. The molecule has 0 aliphatic carbocycles. The minimum atomic E-state index is -2.62. The molecule has 4 aromatic rings. The van der Waals surface area contributed by atoms with Crippen LogP contribution in [0.4, 0.5) is 33.6 Å². The molecule has 0 saturated carbocycles. The number of nitriles is 1. The van der Waals surface area contributed by atoms with Gasteiger partial charge in [-0.15, -0.1) is 0 Å². The first-order valence-corrected chi connectivity index (χ1v) is 12.0. The lowest BCUT2D eigenvalue weighted by atomic mass is 10.1. The predicted octanol–water partition coefficient (Wildman–Crippen LogP) is 2.62. The summed E-state index contributed by atoms with van der Waals surface area (Å²) in [7, 11) is 0. The van der Waals surface area contributed by atoms with Crippen LogP contribution in [0.3, 0.4) is 0 Å². The lowest BCUT2D eigenvalue weighted by molar-refractivity contribution is 0.135. The summed E-state index contributed by atoms with van der Waals surface area (Å²) >= 11 is 0. The number of nitrogens with one attached hydrogen (secondary N) is 1. The fourth-order valence-electron chi connectivity index (χ4n) is 4.38. The third-order valence-electron chi connectivity index (χ3n) is 6.20. The average molecular weight is 567 g/mol. The van der Waals surface area contributed by atoms with Gasteiger partial charge in [-0.1, -0.05) is 6.08 Å². The normalized spacial score (nSPS) is 13.9. The van der Waals surface area contributed by atoms with Gasteiger partial charge in [-0.2, -0.15) is 10.2 Å². The van der Waals surface area contributed by atoms with Gasteiger partial charge in [0, 0.05) is 23.9 Å². The van der Waals surface area contributed by atoms with Crippen LogP contribution in [-0.2, 0) is 6.54 Å². The maximum Gasteiger partial charge on any atom is 0.359 e. The fourth-order valence-corrected chi connectivity index (χ4v) is 4.38. The zero-order valence-corrected chi connectivity index (χ0v) is 21.1. The van der Waals surface area contributed by atoms with Crippen molar-refractivity contribution in [1.29, 1.82) is 5.26 Å². The van der Waals surface area contributed by atoms with E-state index in [1.54, 1.807) is 6.92 Å². The van der Waals surface area contributed by atoms with Crippen molar-refractivity contribution in [2.45, 2.75) is 32.4 Å². The van der Waals surface area contributed by atoms with E-state index in [-0.39, 0.29) is 22.3 Å². The molecule has 3 heterocycles. The summed E-state index contributed by atoms with van der Waals surface area (Å²) in [4.78, 5) is 38.6. The second kappa shape index (κ2) is 10.8. The van der Waals surface area contributed by atoms with Crippen LogP contribution in [0, 0.1) is 35.7 Å². The Labute approximate surface area is 227 Å². The molecule has 14 heteroatoms. The summed E-state index contributed by atoms with van der Waals surface area (Å²) in [5.74, 6) is -4.06. The largest absolute Gasteiger partial charge is 0.359 e. The van der Waals surface area contributed by atoms with Crippen molar-refractivity contribution in [3.63, 3.8) is 0 Å². The molecule has 0 fully saturated rings. The molecule has 1 aliphatic rings. The van der Waals surface area contributed by atoms with Crippen LogP contribution < -0.4 is 27.3 Å². The molecule has 0 saturated heterocycles. The Morgan fingerprint density at radius 1 is 1.07 bits per heavy atom. The molecule has 0 radical (unpaired) electrons. The number of fused-ring (bicyclic) bond motifs is 1. The molecule has 0 bridgehead atoms. The van der Waals surface area contributed by atoms with Crippen LogP contribution in [0.25, 0.3) is 11.8 Å². The van der Waals surface area contributed by atoms with Gasteiger partial charge in [0.05, 0.1) is 41.1 Å². The number of hydrogen-bond donors (Lipinski definition) is 1. The molecule has 1 N–H and O–H groups in total. The van der Waals surface area contributed by atoms with E-state index in [1.165, 1.54) is 36.7 Å². The van der Waals surface area contributed by atoms with Crippen molar-refractivity contribution in [1.82, 2.24) is 19.1 Å². The number of pyridine rings is 1. The molecule has 0 amide bonds. The first-order chi connectivity index (χ1) is 19.5. The first-order valence-electron chi connectivity index (χ1n) is 12.0. The monoisotopic (exact) mass is 567 g/mol. The Bertz CT molecular complexity index is 1980. The second-order valence-electron chi connectivity index (χ2n) is 9.20. The summed E-state index contributed by atoms with van der Waals surface area (Å²) < 4.78 is 70.4. The summed E-state index contributed by atoms with van der Waals surface area (Å²) in [6, 6.07) is 6.23. The summed E-state index contributed by atoms with van der Waals surface area (Å²) in [6.07, 6.45) is 0.997. The van der Waals surface area contributed by atoms with Gasteiger partial charge < -0.3 is 5.32 Å². The molecule has 1 aliphatic heterocycles. The number of halogens is 5. The molecule has 2 aromatic carbocycles. The minimum Gasteiger partial charge on any atom is -0.323 e. The highest BCUT2D eigenvalue weighted by Crippen LogP contribution is 2.19. The lowest BCUT2D eigenvalue weighted by Crippen LogP contribution is -2.42. The maximum absolute atomic E-state index is 15.0. The Morgan fingerprint density at radius 2 is 1.85 bits per heavy atom. The number of nitrogens with zero attached hydrogens (tertiary/aromatic N) is 6. The van der Waals surface area contributed by atoms with E-state index >= 15 is 4.39 Å². The number of benzene rings is 2. The highest BCUT2D eigenvalue weighted by atomic mass is 19.3. The molecule has 2 aromatic heterocycles. The van der Waals surface area contributed by atoms with Gasteiger partial charge in [0.1, 0.15) is 11.9 Å². The molecular weight excluding hydrogens is 549 g/mol. The smallest absolute Gasteiger partial charge is 0.323 e. The lowest BCUT2D eigenvalue weighted by Gasteiger charge is -2.16. The van der Waals surface area contributed by atoms with Gasteiger partial charge in [-0.25, -0.2) is 36.1 Å². The van der Waals surface area contributed by atoms with Crippen molar-refractivity contribution in [2.75, 3.05) is 5.32 Å². The minimum absolute atomic E-state index is 0.0311. The molecular formula is C27H18F5N7O2. The van der Waals surface area contributed by atoms with E-state index < -0.39 is 65.8 Å². The van der Waals surface area contributed by atoms with Gasteiger partial charge >= 0.3 is 11.4 Å². The second-order valence-corrected chi connectivity index (χ2v) is 9.20. The van der Waals surface area contributed by atoms with E-state index in [2.05, 4.69) is 20.3 Å². The van der Waals surface area contributed by atoms with Crippen LogP contribution in [0.5, 0.6) is 0 Å². The molecule has 41 heavy (non-hydrogen) atoms. The van der Waals surface area contributed by atoms with Crippen molar-refractivity contribution >= 4 is 17.7 Å². The average Bonchev–Trinajstić information content (AvgIpc) is 3.28. The van der Waals surface area contributed by atoms with Gasteiger partial charge in [0.25, 0.3) is 0 Å². The Hall–Kier alpha value is -5.19. The van der Waals surface area contributed by atoms with Gasteiger partial charge in [0.15, 0.2) is 11.6 Å². The fraction of sp³-hybridized carbons (Fsp3) is 0.185. The molecule has 0 spiro atoms. The number of alkyl halides is 2. The van der Waals surface area contributed by atoms with Crippen molar-refractivity contribution < 1.29 is 22.0 Å². The van der Waals surface area contributed by atoms with E-state index in [0.717, 1.165) is 22.8 Å². The highest BCUT2D eigenvalue weighted by Gasteiger charge is 2.20. The molecule has 1 unspecified atom stereocenters. The van der Waals surface area contributed by atoms with E-state index in [4.69, 9.17) is 0 Å². The number of aryl methyl sites for hydroxylation is 1. The van der Waals surface area contributed by atoms with E-state index in [9.17, 15) is 32.4 Å². The van der Waals surface area contributed by atoms with E-state index in [0.29, 0.717) is 15.3 Å². The van der Waals surface area contributed by atoms with Gasteiger partial charge in [-0.05, 0) is 42.3 Å². The Morgan fingerprint density at radius 3 is 2.56 bits per heavy atom. The third-order valence-corrected chi connectivity index (χ3v) is 6.20. The molecule has 5 rings (SSSR count). The van der Waals surface area contributed by atoms with Crippen molar-refractivity contribution in [3.8, 4) is 11.8 Å². The molecule has 1 atom stereocenters. The van der Waals surface area contributed by atoms with Crippen LogP contribution in [-0.4, -0.2) is 31.6 Å². The summed E-state index contributed by atoms with van der Waals surface area (Å²) in [5, 5.41) is 12.2. The van der Waals surface area contributed by atoms with Crippen LogP contribution in [0.2, 0.25) is 0 Å². The summed E-state index contributed by atoms with van der Waals surface area (Å²) in [6.45, 7) is 1.17. The zero-order valence-electron chi connectivity index (χ0n) is 21.1. The number of rotatable bonds is 7. The van der Waals surface area contributed by atoms with Crippen LogP contribution in [0.15, 0.2) is 57.3 Å². The van der Waals surface area contributed by atoms with Gasteiger partial charge in [-0.3, -0.25) is 14.5 Å². The maximum atomic E-state index is 15.0. The van der Waals surface area contributed by atoms with Crippen LogP contribution in [0.1, 0.15) is 23.1 Å². The third kappa shape index (κ3) is 5.46. The quantitative estimate of drug-likeness (QED) is 0.343.